The molecule has 0 N–H and O–H groups in total. The zero-order valence-corrected chi connectivity index (χ0v) is 5.34. The van der Waals surface area contributed by atoms with Gasteiger partial charge in [0.15, 0.2) is 0 Å². The molecule has 1 aliphatic heterocycles. The molecule has 3 atom stereocenters. The Morgan fingerprint density at radius 1 is 1.56 bits per heavy atom. The summed E-state index contributed by atoms with van der Waals surface area (Å²) in [6.07, 6.45) is 6.10. The fourth-order valence-corrected chi connectivity index (χ4v) is 2.46. The van der Waals surface area contributed by atoms with Crippen LogP contribution in [0, 0.1) is 17.3 Å². The van der Waals surface area contributed by atoms with Crippen molar-refractivity contribution >= 4 is 0 Å². The maximum absolute atomic E-state index is 5.40. The normalized spacial score (nSPS) is 59.6. The Morgan fingerprint density at radius 2 is 2.56 bits per heavy atom. The summed E-state index contributed by atoms with van der Waals surface area (Å²) in [5.74, 6) is 1.80. The maximum atomic E-state index is 5.40. The van der Waals surface area contributed by atoms with Crippen molar-refractivity contribution < 1.29 is 4.74 Å². The SMILES string of the molecule is C1=CC23COC[C@@H]2C[C@@H]13. The van der Waals surface area contributed by atoms with Crippen LogP contribution in [0.15, 0.2) is 12.2 Å². The van der Waals surface area contributed by atoms with Gasteiger partial charge in [-0.2, -0.15) is 0 Å². The summed E-state index contributed by atoms with van der Waals surface area (Å²) < 4.78 is 5.40. The van der Waals surface area contributed by atoms with Crippen molar-refractivity contribution in [1.82, 2.24) is 0 Å². The van der Waals surface area contributed by atoms with Gasteiger partial charge in [-0.3, -0.25) is 0 Å². The van der Waals surface area contributed by atoms with Crippen LogP contribution in [0.1, 0.15) is 6.42 Å². The Morgan fingerprint density at radius 3 is 3.00 bits per heavy atom. The number of allylic oxidation sites excluding steroid dienone is 1. The van der Waals surface area contributed by atoms with E-state index in [0.717, 1.165) is 25.0 Å². The zero-order chi connectivity index (χ0) is 5.90. The van der Waals surface area contributed by atoms with Gasteiger partial charge in [-0.15, -0.1) is 0 Å². The van der Waals surface area contributed by atoms with Crippen LogP contribution in [0.25, 0.3) is 0 Å². The molecule has 0 bridgehead atoms. The van der Waals surface area contributed by atoms with Crippen LogP contribution in [-0.2, 0) is 4.74 Å². The quantitative estimate of drug-likeness (QED) is 0.439. The van der Waals surface area contributed by atoms with Crippen molar-refractivity contribution in [3.8, 4) is 0 Å². The Labute approximate surface area is 54.7 Å². The highest BCUT2D eigenvalue weighted by Crippen LogP contribution is 2.62. The third-order valence-electron chi connectivity index (χ3n) is 3.30. The lowest BCUT2D eigenvalue weighted by Crippen LogP contribution is -2.51. The van der Waals surface area contributed by atoms with E-state index in [0.29, 0.717) is 5.41 Å². The molecule has 3 rings (SSSR count). The highest BCUT2D eigenvalue weighted by molar-refractivity contribution is 5.29. The predicted molar refractivity (Wildman–Crippen MR) is 34.0 cm³/mol. The van der Waals surface area contributed by atoms with Crippen LogP contribution in [-0.4, -0.2) is 13.2 Å². The largest absolute Gasteiger partial charge is 0.380 e. The maximum Gasteiger partial charge on any atom is 0.0566 e. The van der Waals surface area contributed by atoms with Crippen LogP contribution in [0.2, 0.25) is 0 Å². The smallest absolute Gasteiger partial charge is 0.0566 e. The molecule has 9 heavy (non-hydrogen) atoms. The van der Waals surface area contributed by atoms with E-state index in [1.807, 2.05) is 0 Å². The minimum atomic E-state index is 0.569. The van der Waals surface area contributed by atoms with E-state index >= 15 is 0 Å². The molecule has 1 heteroatoms. The first kappa shape index (κ1) is 4.51. The second kappa shape index (κ2) is 1.10. The van der Waals surface area contributed by atoms with Gasteiger partial charge in [-0.25, -0.2) is 0 Å². The first-order chi connectivity index (χ1) is 4.42. The van der Waals surface area contributed by atoms with Gasteiger partial charge in [0, 0.05) is 5.41 Å². The Balaban J connectivity index is 2.05. The van der Waals surface area contributed by atoms with E-state index in [-0.39, 0.29) is 0 Å². The number of rotatable bonds is 0. The van der Waals surface area contributed by atoms with E-state index in [9.17, 15) is 0 Å². The Hall–Kier alpha value is -0.300. The average Bonchev–Trinajstić information content (AvgIpc) is 2.23. The fourth-order valence-electron chi connectivity index (χ4n) is 2.46. The van der Waals surface area contributed by atoms with Crippen molar-refractivity contribution in [1.29, 1.82) is 0 Å². The van der Waals surface area contributed by atoms with Gasteiger partial charge in [-0.1, -0.05) is 12.2 Å². The summed E-state index contributed by atoms with van der Waals surface area (Å²) in [6, 6.07) is 0. The molecule has 48 valence electrons. The summed E-state index contributed by atoms with van der Waals surface area (Å²) in [7, 11) is 0. The van der Waals surface area contributed by atoms with E-state index < -0.39 is 0 Å². The first-order valence-corrected chi connectivity index (χ1v) is 3.69. The molecule has 1 unspecified atom stereocenters. The van der Waals surface area contributed by atoms with Gasteiger partial charge < -0.3 is 4.74 Å². The summed E-state index contributed by atoms with van der Waals surface area (Å²) in [5.41, 5.74) is 0.569. The molecule has 1 heterocycles. The highest BCUT2D eigenvalue weighted by atomic mass is 16.5. The molecule has 1 saturated heterocycles. The van der Waals surface area contributed by atoms with Crippen LogP contribution >= 0.6 is 0 Å². The highest BCUT2D eigenvalue weighted by Gasteiger charge is 2.59. The minimum Gasteiger partial charge on any atom is -0.380 e. The number of hydrogen-bond acceptors (Lipinski definition) is 1. The van der Waals surface area contributed by atoms with E-state index in [4.69, 9.17) is 4.74 Å². The predicted octanol–water partition coefficient (Wildman–Crippen LogP) is 1.21. The van der Waals surface area contributed by atoms with Gasteiger partial charge >= 0.3 is 0 Å². The van der Waals surface area contributed by atoms with Crippen molar-refractivity contribution in [2.75, 3.05) is 13.2 Å². The van der Waals surface area contributed by atoms with Gasteiger partial charge in [0.25, 0.3) is 0 Å². The molecule has 2 aliphatic carbocycles. The Kier molecular flexibility index (Phi) is 0.552. The van der Waals surface area contributed by atoms with Crippen molar-refractivity contribution in [2.24, 2.45) is 17.3 Å². The molecule has 2 fully saturated rings. The van der Waals surface area contributed by atoms with Gasteiger partial charge in [-0.05, 0) is 18.3 Å². The van der Waals surface area contributed by atoms with Crippen LogP contribution in [0.4, 0.5) is 0 Å². The molecule has 3 aliphatic rings. The third kappa shape index (κ3) is 0.304. The molecule has 0 radical (unpaired) electrons. The molecule has 1 saturated carbocycles. The molecular formula is C8H10O. The number of ether oxygens (including phenoxy) is 1. The summed E-state index contributed by atoms with van der Waals surface area (Å²) >= 11 is 0. The minimum absolute atomic E-state index is 0.569. The lowest BCUT2D eigenvalue weighted by molar-refractivity contribution is 0.0418. The van der Waals surface area contributed by atoms with Crippen LogP contribution < -0.4 is 0 Å². The van der Waals surface area contributed by atoms with Gasteiger partial charge in [0.05, 0.1) is 13.2 Å². The van der Waals surface area contributed by atoms with Gasteiger partial charge in [0.1, 0.15) is 0 Å². The number of hydrogen-bond donors (Lipinski definition) is 0. The van der Waals surface area contributed by atoms with Crippen LogP contribution in [0.5, 0.6) is 0 Å². The standard InChI is InChI=1S/C8H10O/c1-2-8-5-9-4-7(8)3-6(1)8/h1-2,6-7H,3-5H2/t6-,7+,8?/m1/s1. The summed E-state index contributed by atoms with van der Waals surface area (Å²) in [4.78, 5) is 0. The molecule has 0 amide bonds. The molecule has 1 spiro atoms. The van der Waals surface area contributed by atoms with Crippen molar-refractivity contribution in [3.63, 3.8) is 0 Å². The lowest BCUT2D eigenvalue weighted by atomic mass is 9.48. The monoisotopic (exact) mass is 122 g/mol. The fraction of sp³-hybridized carbons (Fsp3) is 0.750. The molecule has 1 nitrogen and oxygen atoms in total. The zero-order valence-electron chi connectivity index (χ0n) is 5.34. The van der Waals surface area contributed by atoms with Crippen molar-refractivity contribution in [3.05, 3.63) is 12.2 Å². The molecule has 0 aromatic rings. The second-order valence-corrected chi connectivity index (χ2v) is 3.53. The third-order valence-corrected chi connectivity index (χ3v) is 3.30. The topological polar surface area (TPSA) is 9.23 Å². The van der Waals surface area contributed by atoms with Crippen molar-refractivity contribution in [2.45, 2.75) is 6.42 Å². The van der Waals surface area contributed by atoms with Crippen LogP contribution in [0.3, 0.4) is 0 Å². The summed E-state index contributed by atoms with van der Waals surface area (Å²) in [5, 5.41) is 0. The van der Waals surface area contributed by atoms with Gasteiger partial charge in [0.2, 0.25) is 0 Å². The lowest BCUT2D eigenvalue weighted by Gasteiger charge is -2.54. The van der Waals surface area contributed by atoms with E-state index in [1.54, 1.807) is 0 Å². The van der Waals surface area contributed by atoms with E-state index in [1.165, 1.54) is 6.42 Å². The molecular weight excluding hydrogens is 112 g/mol. The van der Waals surface area contributed by atoms with E-state index in [2.05, 4.69) is 12.2 Å². The molecule has 0 aromatic carbocycles. The second-order valence-electron chi connectivity index (χ2n) is 3.53. The Bertz CT molecular complexity index is 185. The average molecular weight is 122 g/mol. The molecule has 0 aromatic heterocycles. The first-order valence-electron chi connectivity index (χ1n) is 3.69. The summed E-state index contributed by atoms with van der Waals surface area (Å²) in [6.45, 7) is 2.04.